The molecule has 0 aromatic heterocycles. The molecule has 1 aliphatic heterocycles. The van der Waals surface area contributed by atoms with Crippen molar-refractivity contribution in [3.63, 3.8) is 0 Å². The van der Waals surface area contributed by atoms with Crippen molar-refractivity contribution in [2.75, 3.05) is 0 Å². The molecule has 1 amide bonds. The van der Waals surface area contributed by atoms with Gasteiger partial charge in [0, 0.05) is 0 Å². The zero-order valence-corrected chi connectivity index (χ0v) is 20.4. The van der Waals surface area contributed by atoms with Gasteiger partial charge in [-0.1, -0.05) is 64.6 Å². The van der Waals surface area contributed by atoms with E-state index in [9.17, 15) is 9.18 Å². The third-order valence-electron chi connectivity index (χ3n) is 4.39. The summed E-state index contributed by atoms with van der Waals surface area (Å²) in [5.41, 5.74) is 1.68. The van der Waals surface area contributed by atoms with Crippen molar-refractivity contribution in [2.24, 2.45) is 4.99 Å². The Bertz CT molecular complexity index is 1290. The van der Waals surface area contributed by atoms with E-state index in [1.165, 1.54) is 12.1 Å². The number of aliphatic imine (C=N–C) groups is 1. The topological polar surface area (TPSA) is 50.7 Å². The lowest BCUT2D eigenvalue weighted by atomic mass is 10.2. The Kier molecular flexibility index (Phi) is 7.51. The molecule has 3 aromatic rings. The van der Waals surface area contributed by atoms with Gasteiger partial charge in [-0.3, -0.25) is 4.79 Å². The number of carbonyl (C=O) groups is 1. The van der Waals surface area contributed by atoms with Gasteiger partial charge in [-0.05, 0) is 65.4 Å². The maximum Gasteiger partial charge on any atom is 0.264 e. The predicted molar refractivity (Wildman–Crippen MR) is 134 cm³/mol. The molecule has 0 atom stereocenters. The van der Waals surface area contributed by atoms with Gasteiger partial charge in [0.25, 0.3) is 5.91 Å². The number of hydrogen-bond acceptors (Lipinski definition) is 4. The average Bonchev–Trinajstić information content (AvgIpc) is 3.09. The normalized spacial score (nSPS) is 15.8. The molecular formula is C23H13Cl4FN2O2S. The third kappa shape index (κ3) is 5.83. The summed E-state index contributed by atoms with van der Waals surface area (Å²) in [6, 6.07) is 14.3. The highest BCUT2D eigenvalue weighted by molar-refractivity contribution is 8.18. The van der Waals surface area contributed by atoms with E-state index in [0.717, 1.165) is 11.8 Å². The molecule has 0 bridgehead atoms. The monoisotopic (exact) mass is 540 g/mol. The van der Waals surface area contributed by atoms with Crippen LogP contribution in [0.15, 0.2) is 64.5 Å². The number of rotatable bonds is 5. The van der Waals surface area contributed by atoms with E-state index in [0.29, 0.717) is 36.9 Å². The Morgan fingerprint density at radius 2 is 1.73 bits per heavy atom. The molecule has 0 aliphatic carbocycles. The van der Waals surface area contributed by atoms with E-state index in [2.05, 4.69) is 10.3 Å². The van der Waals surface area contributed by atoms with Crippen molar-refractivity contribution in [1.82, 2.24) is 5.32 Å². The second-order valence-electron chi connectivity index (χ2n) is 6.79. The third-order valence-corrected chi connectivity index (χ3v) is 6.67. The Hall–Kier alpha value is -2.22. The van der Waals surface area contributed by atoms with E-state index in [-0.39, 0.29) is 34.1 Å². The second-order valence-corrected chi connectivity index (χ2v) is 9.42. The largest absolute Gasteiger partial charge is 0.486 e. The van der Waals surface area contributed by atoms with Gasteiger partial charge in [0.15, 0.2) is 10.9 Å². The molecule has 10 heteroatoms. The predicted octanol–water partition coefficient (Wildman–Crippen LogP) is 7.91. The van der Waals surface area contributed by atoms with Gasteiger partial charge in [-0.25, -0.2) is 9.38 Å². The summed E-state index contributed by atoms with van der Waals surface area (Å²) in [4.78, 5) is 17.2. The second kappa shape index (κ2) is 10.4. The summed E-state index contributed by atoms with van der Waals surface area (Å²) in [6.07, 6.45) is 1.64. The first kappa shape index (κ1) is 23.9. The van der Waals surface area contributed by atoms with Crippen LogP contribution in [0.3, 0.4) is 0 Å². The van der Waals surface area contributed by atoms with Crippen LogP contribution in [-0.4, -0.2) is 11.1 Å². The fourth-order valence-electron chi connectivity index (χ4n) is 2.90. The number of hydrogen-bond donors (Lipinski definition) is 1. The number of amides is 1. The fraction of sp³-hybridized carbons (Fsp3) is 0.0435. The van der Waals surface area contributed by atoms with E-state index >= 15 is 0 Å². The number of carbonyl (C=O) groups excluding carboxylic acids is 1. The smallest absolute Gasteiger partial charge is 0.264 e. The Labute approximate surface area is 213 Å². The molecule has 1 aliphatic rings. The van der Waals surface area contributed by atoms with E-state index < -0.39 is 0 Å². The van der Waals surface area contributed by atoms with Gasteiger partial charge in [0.1, 0.15) is 12.4 Å². The molecule has 0 radical (unpaired) electrons. The molecule has 0 spiro atoms. The van der Waals surface area contributed by atoms with Gasteiger partial charge in [-0.2, -0.15) is 0 Å². The maximum atomic E-state index is 13.3. The van der Waals surface area contributed by atoms with Crippen molar-refractivity contribution in [2.45, 2.75) is 6.61 Å². The van der Waals surface area contributed by atoms with Crippen molar-refractivity contribution >= 4 is 81.0 Å². The lowest BCUT2D eigenvalue weighted by molar-refractivity contribution is -0.115. The van der Waals surface area contributed by atoms with Gasteiger partial charge < -0.3 is 10.1 Å². The summed E-state index contributed by atoms with van der Waals surface area (Å²) in [6.45, 7) is 0.0990. The molecule has 0 unspecified atom stereocenters. The van der Waals surface area contributed by atoms with Crippen molar-refractivity contribution in [3.05, 3.63) is 96.5 Å². The van der Waals surface area contributed by atoms with Gasteiger partial charge >= 0.3 is 0 Å². The number of amidine groups is 1. The molecule has 4 nitrogen and oxygen atoms in total. The number of nitrogens with zero attached hydrogens (tertiary/aromatic N) is 1. The van der Waals surface area contributed by atoms with E-state index in [1.54, 1.807) is 48.5 Å². The highest BCUT2D eigenvalue weighted by Crippen LogP contribution is 2.37. The van der Waals surface area contributed by atoms with E-state index in [4.69, 9.17) is 51.1 Å². The molecule has 1 saturated heterocycles. The van der Waals surface area contributed by atoms with Crippen LogP contribution in [0.25, 0.3) is 6.08 Å². The molecule has 33 heavy (non-hydrogen) atoms. The summed E-state index contributed by atoms with van der Waals surface area (Å²) in [5.74, 6) is -0.412. The molecular weight excluding hydrogens is 529 g/mol. The minimum absolute atomic E-state index is 0.0990. The minimum atomic E-state index is -0.358. The van der Waals surface area contributed by atoms with Crippen LogP contribution in [0.1, 0.15) is 11.1 Å². The molecule has 1 fully saturated rings. The number of thioether (sulfide) groups is 1. The lowest BCUT2D eigenvalue weighted by Crippen LogP contribution is -2.19. The maximum absolute atomic E-state index is 13.3. The first-order chi connectivity index (χ1) is 15.8. The Morgan fingerprint density at radius 3 is 2.45 bits per heavy atom. The standard InChI is InChI=1S/C23H13Cl4FN2O2S/c24-15-5-2-6-18(20(15)27)29-23-30-22(31)19(33-23)10-13-8-16(25)21(17(26)9-13)32-11-12-3-1-4-14(28)7-12/h1-10H,11H2,(H,29,30,31)/b19-10+. The quantitative estimate of drug-likeness (QED) is 0.334. The summed E-state index contributed by atoms with van der Waals surface area (Å²) in [7, 11) is 0. The highest BCUT2D eigenvalue weighted by atomic mass is 35.5. The van der Waals surface area contributed by atoms with Crippen LogP contribution in [-0.2, 0) is 11.4 Å². The lowest BCUT2D eigenvalue weighted by Gasteiger charge is -2.11. The molecule has 4 rings (SSSR count). The van der Waals surface area contributed by atoms with Crippen LogP contribution < -0.4 is 10.1 Å². The summed E-state index contributed by atoms with van der Waals surface area (Å²) >= 11 is 26.0. The number of ether oxygens (including phenoxy) is 1. The first-order valence-electron chi connectivity index (χ1n) is 9.40. The Balaban J connectivity index is 1.52. The van der Waals surface area contributed by atoms with Gasteiger partial charge in [-0.15, -0.1) is 0 Å². The number of halogens is 5. The van der Waals surface area contributed by atoms with Crippen LogP contribution in [0.4, 0.5) is 10.1 Å². The van der Waals surface area contributed by atoms with Crippen LogP contribution in [0.2, 0.25) is 20.1 Å². The SMILES string of the molecule is O=C1NC(=Nc2cccc(Cl)c2Cl)S/C1=C/c1cc(Cl)c(OCc2cccc(F)c2)c(Cl)c1. The highest BCUT2D eigenvalue weighted by Gasteiger charge is 2.24. The Morgan fingerprint density at radius 1 is 1.00 bits per heavy atom. The zero-order valence-electron chi connectivity index (χ0n) is 16.5. The zero-order chi connectivity index (χ0) is 23.5. The molecule has 1 N–H and O–H groups in total. The molecule has 1 heterocycles. The molecule has 0 saturated carbocycles. The van der Waals surface area contributed by atoms with E-state index in [1.807, 2.05) is 0 Å². The molecule has 168 valence electrons. The fourth-order valence-corrected chi connectivity index (χ4v) is 4.69. The van der Waals surface area contributed by atoms with Crippen molar-refractivity contribution < 1.29 is 13.9 Å². The molecule has 3 aromatic carbocycles. The summed E-state index contributed by atoms with van der Waals surface area (Å²) in [5, 5.41) is 4.23. The summed E-state index contributed by atoms with van der Waals surface area (Å²) < 4.78 is 19.0. The van der Waals surface area contributed by atoms with Crippen LogP contribution in [0, 0.1) is 5.82 Å². The van der Waals surface area contributed by atoms with Gasteiger partial charge in [0.05, 0.1) is 30.7 Å². The van der Waals surface area contributed by atoms with Crippen molar-refractivity contribution in [1.29, 1.82) is 0 Å². The average molecular weight is 542 g/mol. The van der Waals surface area contributed by atoms with Gasteiger partial charge in [0.2, 0.25) is 0 Å². The minimum Gasteiger partial charge on any atom is -0.486 e. The van der Waals surface area contributed by atoms with Crippen molar-refractivity contribution in [3.8, 4) is 5.75 Å². The number of nitrogens with one attached hydrogen (secondary N) is 1. The number of benzene rings is 3. The van der Waals surface area contributed by atoms with Crippen LogP contribution >= 0.6 is 58.2 Å². The van der Waals surface area contributed by atoms with Crippen LogP contribution in [0.5, 0.6) is 5.75 Å². The first-order valence-corrected chi connectivity index (χ1v) is 11.7.